The molecule has 1 heterocycles. The number of aliphatic hydroxyl groups is 1. The Morgan fingerprint density at radius 3 is 1.92 bits per heavy atom. The summed E-state index contributed by atoms with van der Waals surface area (Å²) in [6, 6.07) is 0. The van der Waals surface area contributed by atoms with E-state index >= 15 is 0 Å². The van der Waals surface area contributed by atoms with Crippen molar-refractivity contribution in [2.75, 3.05) is 13.1 Å². The van der Waals surface area contributed by atoms with Gasteiger partial charge in [0.05, 0.1) is 10.3 Å². The van der Waals surface area contributed by atoms with Crippen molar-refractivity contribution in [1.82, 2.24) is 4.31 Å². The van der Waals surface area contributed by atoms with Crippen molar-refractivity contribution in [3.63, 3.8) is 0 Å². The van der Waals surface area contributed by atoms with Gasteiger partial charge in [-0.2, -0.15) is 4.31 Å². The number of β-amino-alcohol motifs (C(OH)–C–C–N with tert-alkyl or cyclic N) is 1. The maximum Gasteiger partial charge on any atom is 0.219 e. The van der Waals surface area contributed by atoms with E-state index in [1.807, 2.05) is 0 Å². The van der Waals surface area contributed by atoms with Gasteiger partial charge >= 0.3 is 0 Å². The second kappa shape index (κ2) is 2.68. The van der Waals surface area contributed by atoms with E-state index in [9.17, 15) is 13.5 Å². The molecule has 0 bridgehead atoms. The Balaban J connectivity index is 2.77. The van der Waals surface area contributed by atoms with E-state index in [1.165, 1.54) is 4.31 Å². The van der Waals surface area contributed by atoms with Crippen molar-refractivity contribution in [3.8, 4) is 0 Å². The monoisotopic (exact) mass is 207 g/mol. The average molecular weight is 207 g/mol. The van der Waals surface area contributed by atoms with Gasteiger partial charge in [-0.3, -0.25) is 0 Å². The Kier molecular flexibility index (Phi) is 2.26. The number of hydrogen-bond acceptors (Lipinski definition) is 3. The molecule has 78 valence electrons. The van der Waals surface area contributed by atoms with Gasteiger partial charge in [0, 0.05) is 13.1 Å². The third-order valence-electron chi connectivity index (χ3n) is 2.15. The van der Waals surface area contributed by atoms with Crippen LogP contribution in [-0.4, -0.2) is 41.3 Å². The molecule has 0 spiro atoms. The minimum atomic E-state index is -3.24. The van der Waals surface area contributed by atoms with E-state index in [-0.39, 0.29) is 13.1 Å². The largest absolute Gasteiger partial charge is 0.387 e. The summed E-state index contributed by atoms with van der Waals surface area (Å²) in [7, 11) is -3.24. The van der Waals surface area contributed by atoms with E-state index in [2.05, 4.69) is 0 Å². The van der Waals surface area contributed by atoms with Gasteiger partial charge in [0.15, 0.2) is 0 Å². The van der Waals surface area contributed by atoms with E-state index < -0.39 is 20.4 Å². The lowest BCUT2D eigenvalue weighted by molar-refractivity contribution is -0.0434. The fourth-order valence-electron chi connectivity index (χ4n) is 1.27. The Labute approximate surface area is 79.6 Å². The van der Waals surface area contributed by atoms with Crippen molar-refractivity contribution in [3.05, 3.63) is 0 Å². The Morgan fingerprint density at radius 2 is 1.69 bits per heavy atom. The van der Waals surface area contributed by atoms with Gasteiger partial charge in [-0.15, -0.1) is 0 Å². The fraction of sp³-hybridized carbons (Fsp3) is 1.00. The number of rotatable bonds is 1. The fourth-order valence-corrected chi connectivity index (χ4v) is 2.94. The van der Waals surface area contributed by atoms with Crippen LogP contribution in [0.1, 0.15) is 27.7 Å². The zero-order valence-electron chi connectivity index (χ0n) is 8.53. The van der Waals surface area contributed by atoms with Crippen LogP contribution >= 0.6 is 0 Å². The molecule has 4 nitrogen and oxygen atoms in total. The summed E-state index contributed by atoms with van der Waals surface area (Å²) in [5.41, 5.74) is -0.835. The minimum absolute atomic E-state index is 0.215. The first-order valence-electron chi connectivity index (χ1n) is 4.28. The molecule has 0 aromatic carbocycles. The molecule has 1 rings (SSSR count). The molecule has 1 aliphatic heterocycles. The van der Waals surface area contributed by atoms with Gasteiger partial charge in [-0.25, -0.2) is 8.42 Å². The third-order valence-corrected chi connectivity index (χ3v) is 4.63. The van der Waals surface area contributed by atoms with Gasteiger partial charge in [-0.05, 0) is 27.7 Å². The zero-order chi connectivity index (χ0) is 10.5. The predicted molar refractivity (Wildman–Crippen MR) is 50.9 cm³/mol. The molecule has 5 heteroatoms. The van der Waals surface area contributed by atoms with Crippen molar-refractivity contribution in [1.29, 1.82) is 0 Å². The average Bonchev–Trinajstić information content (AvgIpc) is 1.79. The van der Waals surface area contributed by atoms with Gasteiger partial charge < -0.3 is 5.11 Å². The summed E-state index contributed by atoms with van der Waals surface area (Å²) in [4.78, 5) is 0. The molecule has 0 radical (unpaired) electrons. The van der Waals surface area contributed by atoms with E-state index in [4.69, 9.17) is 0 Å². The first kappa shape index (κ1) is 10.9. The summed E-state index contributed by atoms with van der Waals surface area (Å²) in [6.45, 7) is 7.06. The quantitative estimate of drug-likeness (QED) is 0.667. The van der Waals surface area contributed by atoms with E-state index in [1.54, 1.807) is 27.7 Å². The second-order valence-electron chi connectivity index (χ2n) is 4.88. The molecular weight excluding hydrogens is 190 g/mol. The smallest absolute Gasteiger partial charge is 0.219 e. The van der Waals surface area contributed by atoms with E-state index in [0.717, 1.165) is 0 Å². The summed E-state index contributed by atoms with van der Waals surface area (Å²) in [5, 5.41) is 9.41. The minimum Gasteiger partial charge on any atom is -0.387 e. The molecule has 0 atom stereocenters. The lowest BCUT2D eigenvalue weighted by Gasteiger charge is -2.45. The van der Waals surface area contributed by atoms with Crippen LogP contribution < -0.4 is 0 Å². The van der Waals surface area contributed by atoms with Crippen molar-refractivity contribution < 1.29 is 13.5 Å². The molecule has 1 fully saturated rings. The van der Waals surface area contributed by atoms with Crippen molar-refractivity contribution >= 4 is 10.0 Å². The highest BCUT2D eigenvalue weighted by Crippen LogP contribution is 2.29. The molecule has 0 aliphatic carbocycles. The third kappa shape index (κ3) is 1.87. The van der Waals surface area contributed by atoms with Crippen LogP contribution in [0.3, 0.4) is 0 Å². The maximum absolute atomic E-state index is 11.7. The topological polar surface area (TPSA) is 57.6 Å². The first-order chi connectivity index (χ1) is 5.56. The van der Waals surface area contributed by atoms with Gasteiger partial charge in [0.25, 0.3) is 0 Å². The molecule has 0 amide bonds. The standard InChI is InChI=1S/C8H17NO3S/c1-7(2,3)13(11,12)9-5-8(4,10)6-9/h10H,5-6H2,1-4H3. The maximum atomic E-state index is 11.7. The van der Waals surface area contributed by atoms with Crippen molar-refractivity contribution in [2.45, 2.75) is 38.0 Å². The zero-order valence-corrected chi connectivity index (χ0v) is 9.35. The van der Waals surface area contributed by atoms with E-state index in [0.29, 0.717) is 0 Å². The first-order valence-corrected chi connectivity index (χ1v) is 5.72. The van der Waals surface area contributed by atoms with Crippen LogP contribution in [0.25, 0.3) is 0 Å². The van der Waals surface area contributed by atoms with Crippen LogP contribution in [-0.2, 0) is 10.0 Å². The molecule has 0 aromatic heterocycles. The second-order valence-corrected chi connectivity index (χ2v) is 7.57. The Bertz CT molecular complexity index is 292. The molecule has 0 unspecified atom stereocenters. The van der Waals surface area contributed by atoms with Crippen LogP contribution in [0.4, 0.5) is 0 Å². The highest BCUT2D eigenvalue weighted by molar-refractivity contribution is 7.90. The molecule has 1 saturated heterocycles. The van der Waals surface area contributed by atoms with Crippen molar-refractivity contribution in [2.24, 2.45) is 0 Å². The summed E-state index contributed by atoms with van der Waals surface area (Å²) < 4.78 is 24.0. The molecule has 0 aromatic rings. The van der Waals surface area contributed by atoms with Crippen LogP contribution in [0.5, 0.6) is 0 Å². The van der Waals surface area contributed by atoms with Crippen LogP contribution in [0.15, 0.2) is 0 Å². The van der Waals surface area contributed by atoms with Gasteiger partial charge in [0.1, 0.15) is 0 Å². The summed E-state index contributed by atoms with van der Waals surface area (Å²) in [5.74, 6) is 0. The molecule has 0 saturated carbocycles. The van der Waals surface area contributed by atoms with Crippen LogP contribution in [0.2, 0.25) is 0 Å². The van der Waals surface area contributed by atoms with Crippen LogP contribution in [0, 0.1) is 0 Å². The lowest BCUT2D eigenvalue weighted by atomic mass is 10.0. The summed E-state index contributed by atoms with van der Waals surface area (Å²) >= 11 is 0. The Hall–Kier alpha value is -0.130. The molecule has 13 heavy (non-hydrogen) atoms. The lowest BCUT2D eigenvalue weighted by Crippen LogP contribution is -2.64. The normalized spacial score (nSPS) is 24.1. The highest BCUT2D eigenvalue weighted by Gasteiger charge is 2.47. The highest BCUT2D eigenvalue weighted by atomic mass is 32.2. The SMILES string of the molecule is CC1(O)CN(S(=O)(=O)C(C)(C)C)C1. The van der Waals surface area contributed by atoms with Gasteiger partial charge in [0.2, 0.25) is 10.0 Å². The van der Waals surface area contributed by atoms with Gasteiger partial charge in [-0.1, -0.05) is 0 Å². The number of nitrogens with zero attached hydrogens (tertiary/aromatic N) is 1. The molecular formula is C8H17NO3S. The Morgan fingerprint density at radius 1 is 1.31 bits per heavy atom. The summed E-state index contributed by atoms with van der Waals surface area (Å²) in [6.07, 6.45) is 0. The number of sulfonamides is 1. The number of hydrogen-bond donors (Lipinski definition) is 1. The molecule has 1 aliphatic rings. The predicted octanol–water partition coefficient (Wildman–Crippen LogP) is 0.181. The molecule has 1 N–H and O–H groups in total.